The Morgan fingerprint density at radius 3 is 2.22 bits per heavy atom. The molecule has 1 N–H and O–H groups in total. The van der Waals surface area contributed by atoms with Crippen LogP contribution in [-0.4, -0.2) is 18.2 Å². The van der Waals surface area contributed by atoms with E-state index in [1.54, 1.807) is 12.1 Å². The largest absolute Gasteiger partial charge is 0.508 e. The van der Waals surface area contributed by atoms with Crippen LogP contribution in [0.3, 0.4) is 0 Å². The number of anilines is 1. The second kappa shape index (κ2) is 6.10. The summed E-state index contributed by atoms with van der Waals surface area (Å²) in [7, 11) is 0. The molecular formula is C16H19NO. The number of phenols is 1. The molecule has 18 heavy (non-hydrogen) atoms. The zero-order chi connectivity index (χ0) is 12.8. The first-order valence-electron chi connectivity index (χ1n) is 6.37. The molecule has 0 spiro atoms. The predicted molar refractivity (Wildman–Crippen MR) is 76.1 cm³/mol. The number of rotatable bonds is 5. The minimum atomic E-state index is 0.317. The van der Waals surface area contributed by atoms with E-state index >= 15 is 0 Å². The summed E-state index contributed by atoms with van der Waals surface area (Å²) < 4.78 is 0. The van der Waals surface area contributed by atoms with Gasteiger partial charge in [0.1, 0.15) is 5.75 Å². The first-order valence-corrected chi connectivity index (χ1v) is 6.37. The van der Waals surface area contributed by atoms with Gasteiger partial charge in [-0.25, -0.2) is 0 Å². The van der Waals surface area contributed by atoms with E-state index in [2.05, 4.69) is 36.1 Å². The molecule has 0 atom stereocenters. The molecule has 0 aromatic heterocycles. The maximum absolute atomic E-state index is 9.30. The molecule has 0 radical (unpaired) electrons. The van der Waals surface area contributed by atoms with Gasteiger partial charge in [0.2, 0.25) is 0 Å². The highest BCUT2D eigenvalue weighted by Gasteiger charge is 2.04. The van der Waals surface area contributed by atoms with Crippen LogP contribution in [0, 0.1) is 0 Å². The van der Waals surface area contributed by atoms with Crippen LogP contribution in [0.1, 0.15) is 12.5 Å². The van der Waals surface area contributed by atoms with Gasteiger partial charge in [0, 0.05) is 18.8 Å². The molecule has 2 aromatic rings. The summed E-state index contributed by atoms with van der Waals surface area (Å²) in [4.78, 5) is 2.31. The minimum Gasteiger partial charge on any atom is -0.508 e. The summed E-state index contributed by atoms with van der Waals surface area (Å²) in [5, 5.41) is 9.30. The van der Waals surface area contributed by atoms with Crippen LogP contribution in [0.4, 0.5) is 5.69 Å². The lowest BCUT2D eigenvalue weighted by Crippen LogP contribution is -2.25. The first-order chi connectivity index (χ1) is 8.79. The van der Waals surface area contributed by atoms with E-state index < -0.39 is 0 Å². The Bertz CT molecular complexity index is 464. The molecule has 0 aliphatic heterocycles. The Hall–Kier alpha value is -1.96. The van der Waals surface area contributed by atoms with Crippen LogP contribution >= 0.6 is 0 Å². The third-order valence-corrected chi connectivity index (χ3v) is 3.11. The number of phenolic OH excluding ortho intramolecular Hbond substituents is 1. The van der Waals surface area contributed by atoms with E-state index in [-0.39, 0.29) is 0 Å². The molecule has 2 heteroatoms. The molecule has 0 aliphatic carbocycles. The third kappa shape index (κ3) is 3.27. The summed E-state index contributed by atoms with van der Waals surface area (Å²) in [5.74, 6) is 0.317. The molecule has 2 nitrogen and oxygen atoms in total. The summed E-state index contributed by atoms with van der Waals surface area (Å²) in [6.07, 6.45) is 1.04. The number of hydrogen-bond donors (Lipinski definition) is 1. The topological polar surface area (TPSA) is 23.5 Å². The normalized spacial score (nSPS) is 10.3. The highest BCUT2D eigenvalue weighted by Crippen LogP contribution is 2.18. The first kappa shape index (κ1) is 12.5. The summed E-state index contributed by atoms with van der Waals surface area (Å²) in [6.45, 7) is 4.11. The molecule has 94 valence electrons. The lowest BCUT2D eigenvalue weighted by atomic mass is 10.1. The molecule has 0 amide bonds. The van der Waals surface area contributed by atoms with Crippen molar-refractivity contribution in [2.24, 2.45) is 0 Å². The summed E-state index contributed by atoms with van der Waals surface area (Å²) >= 11 is 0. The van der Waals surface area contributed by atoms with E-state index in [1.807, 2.05) is 18.2 Å². The smallest absolute Gasteiger partial charge is 0.115 e. The fraction of sp³-hybridized carbons (Fsp3) is 0.250. The van der Waals surface area contributed by atoms with Gasteiger partial charge in [-0.3, -0.25) is 0 Å². The van der Waals surface area contributed by atoms with Crippen molar-refractivity contribution in [3.63, 3.8) is 0 Å². The SMILES string of the molecule is CCN(CCc1ccccc1)c1ccc(O)cc1. The Labute approximate surface area is 109 Å². The average Bonchev–Trinajstić information content (AvgIpc) is 2.42. The van der Waals surface area contributed by atoms with Crippen LogP contribution in [0.15, 0.2) is 54.6 Å². The highest BCUT2D eigenvalue weighted by molar-refractivity contribution is 5.48. The molecule has 2 rings (SSSR count). The minimum absolute atomic E-state index is 0.317. The second-order valence-corrected chi connectivity index (χ2v) is 4.33. The van der Waals surface area contributed by atoms with Crippen molar-refractivity contribution in [2.75, 3.05) is 18.0 Å². The Balaban J connectivity index is 1.99. The van der Waals surface area contributed by atoms with Crippen molar-refractivity contribution >= 4 is 5.69 Å². The highest BCUT2D eigenvalue weighted by atomic mass is 16.3. The lowest BCUT2D eigenvalue weighted by Gasteiger charge is -2.23. The van der Waals surface area contributed by atoms with Gasteiger partial charge in [-0.2, -0.15) is 0 Å². The average molecular weight is 241 g/mol. The maximum atomic E-state index is 9.30. The molecule has 0 unspecified atom stereocenters. The van der Waals surface area contributed by atoms with Crippen LogP contribution < -0.4 is 4.90 Å². The zero-order valence-electron chi connectivity index (χ0n) is 10.7. The van der Waals surface area contributed by atoms with E-state index in [0.717, 1.165) is 25.2 Å². The van der Waals surface area contributed by atoms with E-state index in [1.165, 1.54) is 5.56 Å². The van der Waals surface area contributed by atoms with E-state index in [4.69, 9.17) is 0 Å². The Morgan fingerprint density at radius 2 is 1.61 bits per heavy atom. The Kier molecular flexibility index (Phi) is 4.24. The number of aromatic hydroxyl groups is 1. The van der Waals surface area contributed by atoms with Gasteiger partial charge in [0.15, 0.2) is 0 Å². The Morgan fingerprint density at radius 1 is 0.944 bits per heavy atom. The van der Waals surface area contributed by atoms with Gasteiger partial charge in [-0.05, 0) is 43.2 Å². The fourth-order valence-electron chi connectivity index (χ4n) is 2.04. The molecular weight excluding hydrogens is 222 g/mol. The van der Waals surface area contributed by atoms with Crippen molar-refractivity contribution in [1.82, 2.24) is 0 Å². The summed E-state index contributed by atoms with van der Waals surface area (Å²) in [6, 6.07) is 17.9. The standard InChI is InChI=1S/C16H19NO/c1-2-17(15-8-10-16(18)11-9-15)13-12-14-6-4-3-5-7-14/h3-11,18H,2,12-13H2,1H3. The molecule has 2 aromatic carbocycles. The number of nitrogens with zero attached hydrogens (tertiary/aromatic N) is 1. The van der Waals surface area contributed by atoms with Crippen LogP contribution in [0.25, 0.3) is 0 Å². The molecule has 0 aliphatic rings. The molecule has 0 saturated heterocycles. The lowest BCUT2D eigenvalue weighted by molar-refractivity contribution is 0.475. The number of benzene rings is 2. The van der Waals surface area contributed by atoms with Crippen molar-refractivity contribution in [3.8, 4) is 5.75 Å². The predicted octanol–water partition coefficient (Wildman–Crippen LogP) is 3.46. The molecule has 0 heterocycles. The number of hydrogen-bond acceptors (Lipinski definition) is 2. The van der Waals surface area contributed by atoms with Crippen LogP contribution in [-0.2, 0) is 6.42 Å². The van der Waals surface area contributed by atoms with Crippen molar-refractivity contribution < 1.29 is 5.11 Å². The van der Waals surface area contributed by atoms with Gasteiger partial charge >= 0.3 is 0 Å². The number of likely N-dealkylation sites (N-methyl/N-ethyl adjacent to an activating group) is 1. The quantitative estimate of drug-likeness (QED) is 0.866. The van der Waals surface area contributed by atoms with Crippen molar-refractivity contribution in [2.45, 2.75) is 13.3 Å². The van der Waals surface area contributed by atoms with Crippen molar-refractivity contribution in [3.05, 3.63) is 60.2 Å². The van der Waals surface area contributed by atoms with Gasteiger partial charge in [-0.15, -0.1) is 0 Å². The van der Waals surface area contributed by atoms with Crippen LogP contribution in [0.5, 0.6) is 5.75 Å². The molecule has 0 bridgehead atoms. The third-order valence-electron chi connectivity index (χ3n) is 3.11. The van der Waals surface area contributed by atoms with Gasteiger partial charge in [0.05, 0.1) is 0 Å². The van der Waals surface area contributed by atoms with Crippen LogP contribution in [0.2, 0.25) is 0 Å². The van der Waals surface area contributed by atoms with E-state index in [9.17, 15) is 5.11 Å². The second-order valence-electron chi connectivity index (χ2n) is 4.33. The van der Waals surface area contributed by atoms with E-state index in [0.29, 0.717) is 5.75 Å². The zero-order valence-corrected chi connectivity index (χ0v) is 10.7. The molecule has 0 saturated carbocycles. The van der Waals surface area contributed by atoms with Gasteiger partial charge in [0.25, 0.3) is 0 Å². The monoisotopic (exact) mass is 241 g/mol. The maximum Gasteiger partial charge on any atom is 0.115 e. The fourth-order valence-corrected chi connectivity index (χ4v) is 2.04. The van der Waals surface area contributed by atoms with Crippen molar-refractivity contribution in [1.29, 1.82) is 0 Å². The van der Waals surface area contributed by atoms with Gasteiger partial charge < -0.3 is 10.0 Å². The summed E-state index contributed by atoms with van der Waals surface area (Å²) in [5.41, 5.74) is 2.51. The molecule has 0 fully saturated rings. The van der Waals surface area contributed by atoms with Gasteiger partial charge in [-0.1, -0.05) is 30.3 Å².